The molecule has 4 aromatic rings. The van der Waals surface area contributed by atoms with Crippen molar-refractivity contribution in [1.29, 1.82) is 0 Å². The summed E-state index contributed by atoms with van der Waals surface area (Å²) in [5, 5.41) is 36.8. The van der Waals surface area contributed by atoms with E-state index in [4.69, 9.17) is 15.0 Å². The number of aromatic amines is 1. The fourth-order valence-electron chi connectivity index (χ4n) is 9.72. The number of carbonyl (C=O) groups is 4. The van der Waals surface area contributed by atoms with Crippen molar-refractivity contribution >= 4 is 57.7 Å². The first-order valence-corrected chi connectivity index (χ1v) is 25.9. The Kier molecular flexibility index (Phi) is 16.7. The number of H-pyrrole nitrogens is 1. The maximum Gasteiger partial charge on any atom is 0.303 e. The molecule has 76 heavy (non-hydrogen) atoms. The summed E-state index contributed by atoms with van der Waals surface area (Å²) >= 11 is 0. The summed E-state index contributed by atoms with van der Waals surface area (Å²) in [6, 6.07) is 16.5. The summed E-state index contributed by atoms with van der Waals surface area (Å²) in [5.74, 6) is -3.21. The van der Waals surface area contributed by atoms with Crippen LogP contribution in [0.4, 0.5) is 0 Å². The van der Waals surface area contributed by atoms with Gasteiger partial charge >= 0.3 is 23.9 Å². The molecule has 5 aliphatic heterocycles. The zero-order chi connectivity index (χ0) is 53.0. The molecule has 0 fully saturated rings. The molecule has 16 nitrogen and oxygen atoms in total. The number of hydrogen-bond acceptors (Lipinski definition) is 8. The van der Waals surface area contributed by atoms with Crippen LogP contribution in [0.25, 0.3) is 16.7 Å². The molecule has 9 rings (SSSR count). The molecule has 4 aromatic heterocycles. The lowest BCUT2D eigenvalue weighted by Crippen LogP contribution is -2.32. The molecule has 0 saturated carbocycles. The topological polar surface area (TPSA) is 217 Å². The molecule has 386 valence electrons. The number of aliphatic imine (C=N–C) groups is 3. The number of unbranched alkanes of at least 4 members (excludes halogenated alkanes) is 4. The van der Waals surface area contributed by atoms with Gasteiger partial charge in [0.2, 0.25) is 0 Å². The molecule has 9 heterocycles. The van der Waals surface area contributed by atoms with Crippen molar-refractivity contribution < 1.29 is 53.3 Å². The Bertz CT molecular complexity index is 3290. The van der Waals surface area contributed by atoms with E-state index in [9.17, 15) is 39.6 Å². The summed E-state index contributed by atoms with van der Waals surface area (Å²) in [4.78, 5) is 66.9. The van der Waals surface area contributed by atoms with E-state index < -0.39 is 23.9 Å². The zero-order valence-electron chi connectivity index (χ0n) is 42.2. The van der Waals surface area contributed by atoms with Crippen LogP contribution in [-0.2, 0) is 38.8 Å². The molecule has 0 aliphatic carbocycles. The average Bonchev–Trinajstić information content (AvgIpc) is 4.30. The molecule has 0 atom stereocenters. The minimum atomic E-state index is -0.804. The van der Waals surface area contributed by atoms with Crippen LogP contribution < -0.4 is 13.7 Å². The average molecular weight is 1020 g/mol. The molecular weight excluding hydrogens is 961 g/mol. The number of hydrogen-bond donors (Lipinski definition) is 5. The Balaban J connectivity index is 1.19. The molecule has 16 heteroatoms. The summed E-state index contributed by atoms with van der Waals surface area (Å²) in [5.41, 5.74) is 13.0. The van der Waals surface area contributed by atoms with Gasteiger partial charge in [-0.25, -0.2) is 28.7 Å². The van der Waals surface area contributed by atoms with E-state index >= 15 is 0 Å². The molecule has 0 unspecified atom stereocenters. The highest BCUT2D eigenvalue weighted by atomic mass is 16.4. The molecule has 0 saturated heterocycles. The van der Waals surface area contributed by atoms with Crippen molar-refractivity contribution in [2.45, 2.75) is 96.7 Å². The minimum absolute atomic E-state index is 0.122. The first-order valence-electron chi connectivity index (χ1n) is 25.9. The highest BCUT2D eigenvalue weighted by Crippen LogP contribution is 2.38. The van der Waals surface area contributed by atoms with Gasteiger partial charge in [-0.2, -0.15) is 0 Å². The molecule has 5 N–H and O–H groups in total. The first kappa shape index (κ1) is 52.0. The number of aromatic nitrogens is 4. The van der Waals surface area contributed by atoms with Crippen molar-refractivity contribution in [1.82, 2.24) is 9.88 Å². The van der Waals surface area contributed by atoms with Gasteiger partial charge in [0.1, 0.15) is 19.6 Å². The van der Waals surface area contributed by atoms with E-state index in [0.717, 1.165) is 93.0 Å². The number of pyridine rings is 3. The zero-order valence-corrected chi connectivity index (χ0v) is 42.2. The molecule has 0 amide bonds. The van der Waals surface area contributed by atoms with Crippen LogP contribution in [-0.4, -0.2) is 77.9 Å². The number of nitrogens with zero attached hydrogens (tertiary/aromatic N) is 7. The van der Waals surface area contributed by atoms with Crippen LogP contribution in [0.15, 0.2) is 190 Å². The Morgan fingerprint density at radius 1 is 0.408 bits per heavy atom. The van der Waals surface area contributed by atoms with Gasteiger partial charge in [-0.15, -0.1) is 0 Å². The van der Waals surface area contributed by atoms with Crippen LogP contribution in [0.3, 0.4) is 0 Å². The highest BCUT2D eigenvalue weighted by Gasteiger charge is 2.28. The first-order chi connectivity index (χ1) is 36.9. The second-order valence-electron chi connectivity index (χ2n) is 19.1. The molecule has 8 bridgehead atoms. The number of aliphatic carboxylic acids is 4. The smallest absolute Gasteiger partial charge is 0.303 e. The predicted octanol–water partition coefficient (Wildman–Crippen LogP) is 8.51. The molecule has 0 aromatic carbocycles. The number of fused-ring (bicyclic) bond motifs is 5. The third kappa shape index (κ3) is 13.1. The van der Waals surface area contributed by atoms with Gasteiger partial charge < -0.3 is 30.3 Å². The van der Waals surface area contributed by atoms with Gasteiger partial charge in [0.05, 0.1) is 34.2 Å². The Hall–Kier alpha value is -8.92. The standard InChI is InChI=1S/C60H58N8O8/c69-53(70)9-1-5-29-65-33-21-41(22-34-65)57-45-13-15-47(61-45)58(42-23-35-66(36-24-42)30-6-2-10-54(71)72)49-17-19-51(63-49)60(44-27-39-68(40-28-44)32-8-4-12-56(75)76)52-20-18-50(64-52)59(48-16-14-46(57)62-48)43-25-37-67(38-26-43)31-7-3-11-55(73)74/h13-28,33-40H,1-12,29-32H2,(H2-3,61,62,63,64,69,70,71,72,73,74,75,76)/p+3. The van der Waals surface area contributed by atoms with Crippen molar-refractivity contribution in [2.24, 2.45) is 15.0 Å². The molecule has 0 spiro atoms. The van der Waals surface area contributed by atoms with E-state index in [1.54, 1.807) is 0 Å². The van der Waals surface area contributed by atoms with E-state index in [1.807, 2.05) is 110 Å². The van der Waals surface area contributed by atoms with E-state index in [0.29, 0.717) is 74.7 Å². The third-order valence-corrected chi connectivity index (χ3v) is 13.6. The van der Waals surface area contributed by atoms with E-state index in [2.05, 4.69) is 60.0 Å². The van der Waals surface area contributed by atoms with Crippen molar-refractivity contribution in [3.8, 4) is 0 Å². The van der Waals surface area contributed by atoms with E-state index in [1.165, 1.54) is 0 Å². The quantitative estimate of drug-likeness (QED) is 0.0355. The summed E-state index contributed by atoms with van der Waals surface area (Å²) in [6.07, 6.45) is 38.0. The highest BCUT2D eigenvalue weighted by molar-refractivity contribution is 6.36. The van der Waals surface area contributed by atoms with Crippen molar-refractivity contribution in [3.05, 3.63) is 203 Å². The number of aryl methyl sites for hydroxylation is 3. The van der Waals surface area contributed by atoms with Gasteiger partial charge in [0, 0.05) is 134 Å². The maximum atomic E-state index is 11.2. The molecule has 5 aliphatic rings. The monoisotopic (exact) mass is 1020 g/mol. The molecular formula is C60H61N8O8+3. The third-order valence-electron chi connectivity index (χ3n) is 13.6. The number of carboxylic acid groups (broad SMARTS) is 4. The van der Waals surface area contributed by atoms with Crippen LogP contribution >= 0.6 is 0 Å². The number of allylic oxidation sites excluding steroid dienone is 11. The second-order valence-corrected chi connectivity index (χ2v) is 19.1. The second kappa shape index (κ2) is 24.4. The Morgan fingerprint density at radius 2 is 0.750 bits per heavy atom. The van der Waals surface area contributed by atoms with Crippen LogP contribution in [0.2, 0.25) is 0 Å². The Labute approximate surface area is 440 Å². The number of carboxylic acids is 4. The number of rotatable bonds is 23. The predicted molar refractivity (Wildman–Crippen MR) is 287 cm³/mol. The maximum absolute atomic E-state index is 11.2. The normalized spacial score (nSPS) is 15.6. The van der Waals surface area contributed by atoms with Crippen molar-refractivity contribution in [2.75, 3.05) is 6.54 Å². The lowest BCUT2D eigenvalue weighted by atomic mass is 9.97. The summed E-state index contributed by atoms with van der Waals surface area (Å²) in [6.45, 7) is 2.68. The molecule has 0 radical (unpaired) electrons. The van der Waals surface area contributed by atoms with Crippen LogP contribution in [0.5, 0.6) is 0 Å². The summed E-state index contributed by atoms with van der Waals surface area (Å²) < 4.78 is 6.18. The fourth-order valence-corrected chi connectivity index (χ4v) is 9.72. The minimum Gasteiger partial charge on any atom is -0.481 e. The Morgan fingerprint density at radius 3 is 1.13 bits per heavy atom. The van der Waals surface area contributed by atoms with Crippen LogP contribution in [0.1, 0.15) is 105 Å². The SMILES string of the molecule is O=C(O)CCCCN1C=CC(=C2C3=NC(=C(c4cc[n+](CCCCC(=O)O)cc4)C4=NC(=C(c5cc[n+](CCCCC(=O)O)cc5)c5ccc([nH]5)C(c5cc[n+](CCCCC(=O)O)cc5)=C5C=CC2=N5)C=C4)C=C3)C=C1. The lowest BCUT2D eigenvalue weighted by Gasteiger charge is -2.20. The fraction of sp³-hybridized carbons (Fsp3) is 0.267. The van der Waals surface area contributed by atoms with Crippen LogP contribution in [0, 0.1) is 0 Å². The van der Waals surface area contributed by atoms with Gasteiger partial charge in [0.25, 0.3) is 0 Å². The van der Waals surface area contributed by atoms with Gasteiger partial charge in [-0.3, -0.25) is 19.2 Å². The van der Waals surface area contributed by atoms with Gasteiger partial charge in [0.15, 0.2) is 37.2 Å². The number of nitrogens with one attached hydrogen (secondary N) is 1. The van der Waals surface area contributed by atoms with Crippen molar-refractivity contribution in [3.63, 3.8) is 0 Å². The lowest BCUT2D eigenvalue weighted by molar-refractivity contribution is -0.697. The van der Waals surface area contributed by atoms with Gasteiger partial charge in [-0.05, 0) is 115 Å². The van der Waals surface area contributed by atoms with Gasteiger partial charge in [-0.1, -0.05) is 0 Å². The van der Waals surface area contributed by atoms with E-state index in [-0.39, 0.29) is 25.7 Å². The summed E-state index contributed by atoms with van der Waals surface area (Å²) in [7, 11) is 0. The largest absolute Gasteiger partial charge is 0.481 e.